The quantitative estimate of drug-likeness (QED) is 0.0499. The molecule has 0 saturated carbocycles. The first-order chi connectivity index (χ1) is 31.1. The Bertz CT molecular complexity index is 2520. The minimum Gasteiger partial charge on any atom is -0.484 e. The number of likely N-dealkylation sites (tertiary alicyclic amines) is 1. The van der Waals surface area contributed by atoms with Gasteiger partial charge in [0, 0.05) is 43.7 Å². The molecule has 16 heteroatoms. The molecule has 2 heterocycles. The van der Waals surface area contributed by atoms with E-state index in [4.69, 9.17) is 9.47 Å². The highest BCUT2D eigenvalue weighted by Crippen LogP contribution is 2.29. The van der Waals surface area contributed by atoms with Gasteiger partial charge in [0.25, 0.3) is 11.8 Å². The number of carbonyl (C=O) groups excluding carboxylic acids is 6. The van der Waals surface area contributed by atoms with Crippen LogP contribution in [0.2, 0.25) is 0 Å². The van der Waals surface area contributed by atoms with Crippen molar-refractivity contribution in [3.8, 4) is 16.2 Å². The van der Waals surface area contributed by atoms with E-state index in [9.17, 15) is 33.9 Å². The van der Waals surface area contributed by atoms with Gasteiger partial charge < -0.3 is 40.7 Å². The largest absolute Gasteiger partial charge is 0.484 e. The molecule has 1 aliphatic rings. The molecule has 0 unspecified atom stereocenters. The number of carbonyl (C=O) groups is 6. The normalized spacial score (nSPS) is 15.2. The number of hydrogen-bond donors (Lipinski definition) is 5. The van der Waals surface area contributed by atoms with Crippen molar-refractivity contribution in [3.05, 3.63) is 113 Å². The van der Waals surface area contributed by atoms with Gasteiger partial charge in [-0.25, -0.2) is 9.78 Å². The van der Waals surface area contributed by atoms with E-state index in [1.165, 1.54) is 12.0 Å². The number of rotatable bonds is 18. The first-order valence-electron chi connectivity index (χ1n) is 21.6. The van der Waals surface area contributed by atoms with Gasteiger partial charge in [-0.05, 0) is 89.5 Å². The molecule has 5 N–H and O–H groups in total. The van der Waals surface area contributed by atoms with Crippen LogP contribution in [0.25, 0.3) is 21.2 Å². The Kier molecular flexibility index (Phi) is 16.1. The van der Waals surface area contributed by atoms with Crippen LogP contribution in [-0.4, -0.2) is 95.5 Å². The number of methoxy groups -OCH3 is 1. The Morgan fingerprint density at radius 3 is 2.35 bits per heavy atom. The van der Waals surface area contributed by atoms with Crippen LogP contribution in [0.5, 0.6) is 5.75 Å². The molecule has 1 aromatic heterocycles. The molecular weight excluding hydrogens is 849 g/mol. The number of esters is 1. The van der Waals surface area contributed by atoms with Crippen LogP contribution in [-0.2, 0) is 30.5 Å². The number of unbranched alkanes of at least 4 members (excludes halogenated alkanes) is 2. The summed E-state index contributed by atoms with van der Waals surface area (Å²) in [5, 5.41) is 23.6. The molecular formula is C49H56N6O9S. The van der Waals surface area contributed by atoms with Crippen molar-refractivity contribution in [2.45, 2.75) is 84.5 Å². The molecule has 6 rings (SSSR count). The molecule has 15 nitrogen and oxygen atoms in total. The maximum atomic E-state index is 14.0. The molecule has 4 aromatic carbocycles. The van der Waals surface area contributed by atoms with Gasteiger partial charge in [0.1, 0.15) is 17.8 Å². The van der Waals surface area contributed by atoms with Gasteiger partial charge in [0.2, 0.25) is 17.7 Å². The third-order valence-electron chi connectivity index (χ3n) is 11.1. The maximum Gasteiger partial charge on any atom is 0.337 e. The first-order valence-corrected chi connectivity index (χ1v) is 22.5. The Balaban J connectivity index is 0.895. The van der Waals surface area contributed by atoms with Gasteiger partial charge in [0.15, 0.2) is 6.61 Å². The maximum absolute atomic E-state index is 14.0. The molecule has 3 atom stereocenters. The lowest BCUT2D eigenvalue weighted by atomic mass is 9.85. The van der Waals surface area contributed by atoms with E-state index in [1.807, 2.05) is 57.5 Å². The zero-order valence-electron chi connectivity index (χ0n) is 37.3. The van der Waals surface area contributed by atoms with Crippen LogP contribution in [0.3, 0.4) is 0 Å². The number of aromatic nitrogens is 1. The lowest BCUT2D eigenvalue weighted by Gasteiger charge is -2.35. The van der Waals surface area contributed by atoms with Gasteiger partial charge in [-0.3, -0.25) is 24.0 Å². The third-order valence-corrected chi connectivity index (χ3v) is 12.1. The van der Waals surface area contributed by atoms with Crippen LogP contribution in [0, 0.1) is 12.3 Å². The fourth-order valence-electron chi connectivity index (χ4n) is 7.53. The van der Waals surface area contributed by atoms with Crippen LogP contribution in [0.4, 0.5) is 5.69 Å². The number of nitrogens with one attached hydrogen (secondary N) is 4. The lowest BCUT2D eigenvalue weighted by Crippen LogP contribution is -2.57. The number of amides is 5. The number of benzene rings is 4. The van der Waals surface area contributed by atoms with Gasteiger partial charge in [-0.15, -0.1) is 11.3 Å². The van der Waals surface area contributed by atoms with E-state index in [-0.39, 0.29) is 56.2 Å². The number of aliphatic hydroxyl groups is 1. The molecule has 342 valence electrons. The molecule has 5 amide bonds. The number of thiazole rings is 1. The number of anilines is 1. The average molecular weight is 905 g/mol. The predicted octanol–water partition coefficient (Wildman–Crippen LogP) is 6.18. The first kappa shape index (κ1) is 47.8. The van der Waals surface area contributed by atoms with E-state index in [1.54, 1.807) is 72.0 Å². The van der Waals surface area contributed by atoms with Crippen molar-refractivity contribution in [2.24, 2.45) is 5.41 Å². The summed E-state index contributed by atoms with van der Waals surface area (Å²) in [7, 11) is 1.29. The summed E-state index contributed by atoms with van der Waals surface area (Å²) >= 11 is 1.57. The summed E-state index contributed by atoms with van der Waals surface area (Å²) in [6.07, 6.45) is 1.21. The summed E-state index contributed by atoms with van der Waals surface area (Å²) in [5.74, 6) is -1.74. The van der Waals surface area contributed by atoms with Gasteiger partial charge in [-0.2, -0.15) is 0 Å². The highest BCUT2D eigenvalue weighted by molar-refractivity contribution is 7.13. The van der Waals surface area contributed by atoms with E-state index < -0.39 is 35.5 Å². The molecule has 1 aliphatic heterocycles. The molecule has 1 fully saturated rings. The molecule has 0 radical (unpaired) electrons. The Hall–Kier alpha value is -6.65. The Morgan fingerprint density at radius 1 is 0.877 bits per heavy atom. The van der Waals surface area contributed by atoms with E-state index >= 15 is 0 Å². The minimum absolute atomic E-state index is 0.0107. The number of hydrogen-bond acceptors (Lipinski definition) is 11. The van der Waals surface area contributed by atoms with Crippen molar-refractivity contribution in [1.29, 1.82) is 0 Å². The molecule has 65 heavy (non-hydrogen) atoms. The monoisotopic (exact) mass is 904 g/mol. The second-order valence-corrected chi connectivity index (χ2v) is 18.0. The van der Waals surface area contributed by atoms with Gasteiger partial charge in [-0.1, -0.05) is 69.7 Å². The molecule has 0 aliphatic carbocycles. The second kappa shape index (κ2) is 21.8. The predicted molar refractivity (Wildman–Crippen MR) is 248 cm³/mol. The summed E-state index contributed by atoms with van der Waals surface area (Å²) in [6, 6.07) is 23.0. The molecule has 0 spiro atoms. The van der Waals surface area contributed by atoms with Crippen molar-refractivity contribution in [2.75, 3.05) is 32.1 Å². The number of nitrogens with zero attached hydrogens (tertiary/aromatic N) is 2. The van der Waals surface area contributed by atoms with E-state index in [0.29, 0.717) is 48.4 Å². The number of aliphatic hydroxyl groups excluding tert-OH is 1. The topological polar surface area (TPSA) is 205 Å². The standard InChI is InChI=1S/C49H56N6O9S/c1-30-43(65-29-52-30)32-15-13-31(14-16-32)26-51-46(60)40-25-38(56)27-55(40)47(61)44(49(2,3)4)54-41(57)12-7-6-8-21-50-42(58)28-64-39-20-19-33-22-35(18-17-34(33)24-39)45(59)53-37-11-9-10-36(23-37)48(62)63-5/h9-11,13-20,22-24,29,38,40,44,56H,6-8,12,21,25-28H2,1-5H3,(H,50,58)(H,51,60)(H,53,59)(H,54,57)/t38-,40+,44+/m1/s1. The summed E-state index contributed by atoms with van der Waals surface area (Å²) in [6.45, 7) is 7.94. The lowest BCUT2D eigenvalue weighted by molar-refractivity contribution is -0.144. The van der Waals surface area contributed by atoms with E-state index in [0.717, 1.165) is 32.5 Å². The highest BCUT2D eigenvalue weighted by Gasteiger charge is 2.44. The molecule has 1 saturated heterocycles. The van der Waals surface area contributed by atoms with Crippen molar-refractivity contribution < 1.29 is 43.3 Å². The Labute approximate surface area is 382 Å². The Morgan fingerprint density at radius 2 is 1.63 bits per heavy atom. The highest BCUT2D eigenvalue weighted by atomic mass is 32.1. The fourth-order valence-corrected chi connectivity index (χ4v) is 8.34. The molecule has 5 aromatic rings. The second-order valence-electron chi connectivity index (χ2n) is 17.1. The van der Waals surface area contributed by atoms with E-state index in [2.05, 4.69) is 26.3 Å². The number of aryl methyl sites for hydroxylation is 1. The van der Waals surface area contributed by atoms with Crippen molar-refractivity contribution >= 4 is 63.3 Å². The fraction of sp³-hybridized carbons (Fsp3) is 0.367. The minimum atomic E-state index is -0.922. The van der Waals surface area contributed by atoms with Crippen LogP contribution in [0.15, 0.2) is 90.4 Å². The van der Waals surface area contributed by atoms with Crippen LogP contribution < -0.4 is 26.0 Å². The average Bonchev–Trinajstić information content (AvgIpc) is 3.91. The third kappa shape index (κ3) is 13.0. The zero-order valence-corrected chi connectivity index (χ0v) is 38.1. The summed E-state index contributed by atoms with van der Waals surface area (Å²) in [5.41, 5.74) is 5.23. The summed E-state index contributed by atoms with van der Waals surface area (Å²) < 4.78 is 10.5. The SMILES string of the molecule is COC(=O)c1cccc(NC(=O)c2ccc3cc(OCC(=O)NCCCCCC(=O)N[C@@H](C(=O)N4C[C@H](O)C[C@H]4C(=O)NCc4ccc(-c5scnc5C)cc4)C(C)(C)C)ccc3c2)c1. The van der Waals surface area contributed by atoms with Gasteiger partial charge in [0.05, 0.1) is 34.9 Å². The zero-order chi connectivity index (χ0) is 46.7. The van der Waals surface area contributed by atoms with Gasteiger partial charge >= 0.3 is 5.97 Å². The van der Waals surface area contributed by atoms with Crippen molar-refractivity contribution in [1.82, 2.24) is 25.8 Å². The van der Waals surface area contributed by atoms with Crippen LogP contribution >= 0.6 is 11.3 Å². The number of fused-ring (bicyclic) bond motifs is 1. The smallest absolute Gasteiger partial charge is 0.337 e. The summed E-state index contributed by atoms with van der Waals surface area (Å²) in [4.78, 5) is 84.6. The van der Waals surface area contributed by atoms with Crippen LogP contribution in [0.1, 0.15) is 84.8 Å². The molecule has 0 bridgehead atoms. The number of ether oxygens (including phenoxy) is 2. The van der Waals surface area contributed by atoms with Crippen molar-refractivity contribution in [3.63, 3.8) is 0 Å². The number of β-amino-alcohol motifs (C(OH)–C–C–N with tert-alkyl or cyclic N) is 1.